The van der Waals surface area contributed by atoms with Gasteiger partial charge in [-0.15, -0.1) is 0 Å². The van der Waals surface area contributed by atoms with Crippen LogP contribution in [0.5, 0.6) is 0 Å². The summed E-state index contributed by atoms with van der Waals surface area (Å²) in [6.07, 6.45) is 11.6. The quantitative estimate of drug-likeness (QED) is 0.367. The van der Waals surface area contributed by atoms with Crippen molar-refractivity contribution in [3.05, 3.63) is 0 Å². The fraction of sp³-hybridized carbons (Fsp3) is 1.00. The summed E-state index contributed by atoms with van der Waals surface area (Å²) in [5.41, 5.74) is 0.515. The molecule has 14 heavy (non-hydrogen) atoms. The van der Waals surface area contributed by atoms with Crippen LogP contribution < -0.4 is 0 Å². The number of unbranched alkanes of at least 4 members (excludes halogenated alkanes) is 4. The zero-order valence-corrected chi connectivity index (χ0v) is 10.4. The van der Waals surface area contributed by atoms with E-state index in [9.17, 15) is 0 Å². The highest BCUT2D eigenvalue weighted by molar-refractivity contribution is 6.08. The molecule has 0 aromatic carbocycles. The van der Waals surface area contributed by atoms with Gasteiger partial charge < -0.3 is 0 Å². The molecule has 0 aliphatic rings. The van der Waals surface area contributed by atoms with Crippen LogP contribution in [0.1, 0.15) is 72.1 Å². The molecule has 82 valence electrons. The van der Waals surface area contributed by atoms with E-state index in [1.54, 1.807) is 0 Å². The van der Waals surface area contributed by atoms with Crippen LogP contribution in [0.4, 0.5) is 0 Å². The van der Waals surface area contributed by atoms with Gasteiger partial charge in [0.15, 0.2) is 0 Å². The second-order valence-corrected chi connectivity index (χ2v) is 4.87. The molecule has 0 rings (SSSR count). The third-order valence-electron chi connectivity index (χ3n) is 3.49. The average Bonchev–Trinajstić information content (AvgIpc) is 2.18. The molecule has 0 heterocycles. The van der Waals surface area contributed by atoms with E-state index < -0.39 is 0 Å². The van der Waals surface area contributed by atoms with E-state index in [0.29, 0.717) is 5.41 Å². The van der Waals surface area contributed by atoms with Crippen LogP contribution in [0.2, 0.25) is 6.32 Å². The lowest BCUT2D eigenvalue weighted by atomic mass is 9.75. The molecule has 0 nitrogen and oxygen atoms in total. The van der Waals surface area contributed by atoms with E-state index in [0.717, 1.165) is 6.32 Å². The lowest BCUT2D eigenvalue weighted by molar-refractivity contribution is 0.262. The van der Waals surface area contributed by atoms with E-state index in [-0.39, 0.29) is 0 Å². The van der Waals surface area contributed by atoms with E-state index in [2.05, 4.69) is 20.8 Å². The summed E-state index contributed by atoms with van der Waals surface area (Å²) in [7, 11) is 5.64. The van der Waals surface area contributed by atoms with Crippen LogP contribution in [0.15, 0.2) is 0 Å². The SMILES string of the molecule is [B]CCC(C)(CC)CCCCCCC. The molecule has 0 amide bonds. The van der Waals surface area contributed by atoms with Crippen LogP contribution in [-0.4, -0.2) is 7.85 Å². The van der Waals surface area contributed by atoms with Gasteiger partial charge in [-0.3, -0.25) is 0 Å². The lowest BCUT2D eigenvalue weighted by Crippen LogP contribution is -2.14. The molecule has 0 aliphatic carbocycles. The maximum Gasteiger partial charge on any atom is 0.0653 e. The summed E-state index contributed by atoms with van der Waals surface area (Å²) in [5.74, 6) is 0. The van der Waals surface area contributed by atoms with Crippen LogP contribution >= 0.6 is 0 Å². The molecule has 1 heteroatoms. The van der Waals surface area contributed by atoms with Gasteiger partial charge in [-0.2, -0.15) is 0 Å². The summed E-state index contributed by atoms with van der Waals surface area (Å²) in [4.78, 5) is 0. The maximum absolute atomic E-state index is 5.64. The Morgan fingerprint density at radius 2 is 1.57 bits per heavy atom. The largest absolute Gasteiger partial charge is 0.0882 e. The molecular formula is C13H27B. The van der Waals surface area contributed by atoms with Crippen molar-refractivity contribution in [2.75, 3.05) is 0 Å². The molecule has 0 saturated carbocycles. The van der Waals surface area contributed by atoms with Crippen molar-refractivity contribution >= 4 is 7.85 Å². The van der Waals surface area contributed by atoms with Crippen LogP contribution in [0.25, 0.3) is 0 Å². The van der Waals surface area contributed by atoms with Crippen LogP contribution in [-0.2, 0) is 0 Å². The smallest absolute Gasteiger partial charge is 0.0653 e. The Morgan fingerprint density at radius 1 is 0.929 bits per heavy atom. The van der Waals surface area contributed by atoms with E-state index in [1.165, 1.54) is 51.4 Å². The summed E-state index contributed by atoms with van der Waals surface area (Å²) < 4.78 is 0. The van der Waals surface area contributed by atoms with E-state index in [1.807, 2.05) is 0 Å². The van der Waals surface area contributed by atoms with Gasteiger partial charge in [0.1, 0.15) is 0 Å². The molecule has 0 bridgehead atoms. The molecule has 1 unspecified atom stereocenters. The summed E-state index contributed by atoms with van der Waals surface area (Å²) in [6, 6.07) is 0. The first-order valence-corrected chi connectivity index (χ1v) is 6.38. The molecule has 1 atom stereocenters. The zero-order chi connectivity index (χ0) is 10.9. The maximum atomic E-state index is 5.64. The van der Waals surface area contributed by atoms with Crippen LogP contribution in [0, 0.1) is 5.41 Å². The highest BCUT2D eigenvalue weighted by Gasteiger charge is 2.19. The molecule has 0 N–H and O–H groups in total. The standard InChI is InChI=1S/C13H27B/c1-4-6-7-8-9-10-13(3,5-2)11-12-14/h4-12H2,1-3H3. The third-order valence-corrected chi connectivity index (χ3v) is 3.49. The molecule has 0 saturated heterocycles. The second kappa shape index (κ2) is 8.38. The molecule has 0 spiro atoms. The van der Waals surface area contributed by atoms with Gasteiger partial charge in [-0.1, -0.05) is 72.0 Å². The highest BCUT2D eigenvalue weighted by atomic mass is 14.2. The molecule has 2 radical (unpaired) electrons. The minimum Gasteiger partial charge on any atom is -0.0882 e. The molecule has 0 aromatic heterocycles. The van der Waals surface area contributed by atoms with Gasteiger partial charge in [0.2, 0.25) is 0 Å². The van der Waals surface area contributed by atoms with Gasteiger partial charge in [0.05, 0.1) is 7.85 Å². The Hall–Kier alpha value is 0.0649. The van der Waals surface area contributed by atoms with Gasteiger partial charge in [0, 0.05) is 0 Å². The van der Waals surface area contributed by atoms with Crippen molar-refractivity contribution in [3.63, 3.8) is 0 Å². The van der Waals surface area contributed by atoms with E-state index >= 15 is 0 Å². The Balaban J connectivity index is 3.51. The minimum atomic E-state index is 0.515. The Kier molecular flexibility index (Phi) is 8.42. The Labute approximate surface area is 92.3 Å². The van der Waals surface area contributed by atoms with Crippen molar-refractivity contribution in [3.8, 4) is 0 Å². The highest BCUT2D eigenvalue weighted by Crippen LogP contribution is 2.33. The Bertz CT molecular complexity index is 122. The fourth-order valence-corrected chi connectivity index (χ4v) is 1.98. The first kappa shape index (κ1) is 14.1. The average molecular weight is 194 g/mol. The van der Waals surface area contributed by atoms with Crippen molar-refractivity contribution in [2.45, 2.75) is 78.5 Å². The van der Waals surface area contributed by atoms with Crippen LogP contribution in [0.3, 0.4) is 0 Å². The normalized spacial score (nSPS) is 15.4. The molecule has 0 aliphatic heterocycles. The van der Waals surface area contributed by atoms with Gasteiger partial charge in [-0.25, -0.2) is 0 Å². The number of hydrogen-bond acceptors (Lipinski definition) is 0. The van der Waals surface area contributed by atoms with Gasteiger partial charge in [0.25, 0.3) is 0 Å². The predicted molar refractivity (Wildman–Crippen MR) is 67.0 cm³/mol. The van der Waals surface area contributed by atoms with Crippen molar-refractivity contribution in [2.24, 2.45) is 5.41 Å². The molecule has 0 fully saturated rings. The number of rotatable bonds is 9. The zero-order valence-electron chi connectivity index (χ0n) is 10.4. The summed E-state index contributed by atoms with van der Waals surface area (Å²) in [5, 5.41) is 0. The van der Waals surface area contributed by atoms with Crippen molar-refractivity contribution in [1.82, 2.24) is 0 Å². The van der Waals surface area contributed by atoms with E-state index in [4.69, 9.17) is 7.85 Å². The second-order valence-electron chi connectivity index (χ2n) is 4.87. The van der Waals surface area contributed by atoms with Crippen molar-refractivity contribution in [1.29, 1.82) is 0 Å². The third kappa shape index (κ3) is 6.51. The topological polar surface area (TPSA) is 0 Å². The minimum absolute atomic E-state index is 0.515. The lowest BCUT2D eigenvalue weighted by Gasteiger charge is -2.28. The monoisotopic (exact) mass is 194 g/mol. The predicted octanol–water partition coefficient (Wildman–Crippen LogP) is 4.74. The first-order chi connectivity index (χ1) is 6.68. The fourth-order valence-electron chi connectivity index (χ4n) is 1.98. The van der Waals surface area contributed by atoms with Gasteiger partial charge in [-0.05, 0) is 11.8 Å². The summed E-state index contributed by atoms with van der Waals surface area (Å²) >= 11 is 0. The number of hydrogen-bond donors (Lipinski definition) is 0. The molecule has 0 aromatic rings. The van der Waals surface area contributed by atoms with Crippen molar-refractivity contribution < 1.29 is 0 Å². The summed E-state index contributed by atoms with van der Waals surface area (Å²) in [6.45, 7) is 6.95. The van der Waals surface area contributed by atoms with Gasteiger partial charge >= 0.3 is 0 Å². The Morgan fingerprint density at radius 3 is 2.07 bits per heavy atom. The first-order valence-electron chi connectivity index (χ1n) is 6.38. The molecular weight excluding hydrogens is 167 g/mol.